The molecule has 1 saturated heterocycles. The quantitative estimate of drug-likeness (QED) is 0.480. The van der Waals surface area contributed by atoms with Crippen LogP contribution in [0.4, 0.5) is 5.82 Å². The van der Waals surface area contributed by atoms with Crippen LogP contribution in [0.3, 0.4) is 0 Å². The Kier molecular flexibility index (Phi) is 6.02. The van der Waals surface area contributed by atoms with Crippen LogP contribution >= 0.6 is 11.8 Å². The zero-order chi connectivity index (χ0) is 21.1. The van der Waals surface area contributed by atoms with Crippen molar-refractivity contribution >= 4 is 34.4 Å². The molecule has 3 aromatic rings. The maximum Gasteiger partial charge on any atom is 0.235 e. The number of benzene rings is 1. The van der Waals surface area contributed by atoms with Crippen LogP contribution in [-0.2, 0) is 16.1 Å². The van der Waals surface area contributed by atoms with Gasteiger partial charge in [-0.2, -0.15) is 5.26 Å². The van der Waals surface area contributed by atoms with Crippen LogP contribution < -0.4 is 5.32 Å². The Bertz CT molecular complexity index is 1120. The van der Waals surface area contributed by atoms with Gasteiger partial charge in [-0.3, -0.25) is 4.79 Å². The average molecular weight is 422 g/mol. The third kappa shape index (κ3) is 4.04. The number of para-hydroxylation sites is 1. The van der Waals surface area contributed by atoms with Crippen molar-refractivity contribution in [3.8, 4) is 6.07 Å². The van der Waals surface area contributed by atoms with E-state index >= 15 is 0 Å². The predicted octanol–water partition coefficient (Wildman–Crippen LogP) is 3.83. The highest BCUT2D eigenvalue weighted by Crippen LogP contribution is 2.29. The molecule has 0 radical (unpaired) electrons. The van der Waals surface area contributed by atoms with E-state index in [-0.39, 0.29) is 17.8 Å². The number of anilines is 1. The molecule has 1 aromatic carbocycles. The van der Waals surface area contributed by atoms with Gasteiger partial charge in [0.2, 0.25) is 5.91 Å². The third-order valence-corrected chi connectivity index (χ3v) is 6.46. The number of ether oxygens (including phenoxy) is 1. The highest BCUT2D eigenvalue weighted by atomic mass is 32.2. The fraction of sp³-hybridized carbons (Fsp3) is 0.364. The summed E-state index contributed by atoms with van der Waals surface area (Å²) in [5.74, 6) is 0.571. The van der Waals surface area contributed by atoms with Crippen LogP contribution in [0.2, 0.25) is 0 Å². The van der Waals surface area contributed by atoms with Crippen LogP contribution in [0.1, 0.15) is 29.7 Å². The Labute approximate surface area is 179 Å². The fourth-order valence-corrected chi connectivity index (χ4v) is 4.54. The summed E-state index contributed by atoms with van der Waals surface area (Å²) >= 11 is 1.36. The summed E-state index contributed by atoms with van der Waals surface area (Å²) in [5.41, 5.74) is 3.22. The lowest BCUT2D eigenvalue weighted by molar-refractivity contribution is -0.113. The number of nitrogens with one attached hydrogen (secondary N) is 1. The van der Waals surface area contributed by atoms with Crippen LogP contribution in [0.25, 0.3) is 10.9 Å². The van der Waals surface area contributed by atoms with E-state index in [1.54, 1.807) is 0 Å². The van der Waals surface area contributed by atoms with E-state index in [0.29, 0.717) is 17.9 Å². The number of nitriles is 1. The molecule has 1 fully saturated rings. The van der Waals surface area contributed by atoms with Crippen LogP contribution in [0.15, 0.2) is 35.6 Å². The molecule has 1 aliphatic rings. The second-order valence-electron chi connectivity index (χ2n) is 7.32. The first-order chi connectivity index (χ1) is 14.6. The van der Waals surface area contributed by atoms with Gasteiger partial charge in [0.25, 0.3) is 0 Å². The molecule has 30 heavy (non-hydrogen) atoms. The molecule has 3 heterocycles. The Morgan fingerprint density at radius 1 is 1.37 bits per heavy atom. The molecule has 0 aliphatic carbocycles. The number of amides is 1. The van der Waals surface area contributed by atoms with Crippen LogP contribution in [0, 0.1) is 25.2 Å². The van der Waals surface area contributed by atoms with Gasteiger partial charge in [0.15, 0.2) is 0 Å². The molecule has 0 saturated carbocycles. The van der Waals surface area contributed by atoms with Gasteiger partial charge in [0.1, 0.15) is 23.2 Å². The van der Waals surface area contributed by atoms with Gasteiger partial charge in [-0.1, -0.05) is 30.0 Å². The van der Waals surface area contributed by atoms with Gasteiger partial charge in [0, 0.05) is 17.7 Å². The first kappa shape index (κ1) is 20.4. The topological polar surface area (TPSA) is 92.8 Å². The van der Waals surface area contributed by atoms with Crippen molar-refractivity contribution in [3.63, 3.8) is 0 Å². The van der Waals surface area contributed by atoms with E-state index in [4.69, 9.17) is 4.74 Å². The minimum Gasteiger partial charge on any atom is -0.376 e. The largest absolute Gasteiger partial charge is 0.376 e. The van der Waals surface area contributed by atoms with Crippen LogP contribution in [-0.4, -0.2) is 38.9 Å². The Hall–Kier alpha value is -2.89. The first-order valence-electron chi connectivity index (χ1n) is 9.92. The number of hydrogen-bond acceptors (Lipinski definition) is 6. The summed E-state index contributed by atoms with van der Waals surface area (Å²) < 4.78 is 7.77. The number of aromatic nitrogens is 3. The highest BCUT2D eigenvalue weighted by Gasteiger charge is 2.24. The lowest BCUT2D eigenvalue weighted by Crippen LogP contribution is -2.22. The number of carbonyl (C=O) groups is 1. The van der Waals surface area contributed by atoms with Crippen molar-refractivity contribution in [1.29, 1.82) is 5.26 Å². The molecule has 1 N–H and O–H groups in total. The monoisotopic (exact) mass is 421 g/mol. The van der Waals surface area contributed by atoms with Gasteiger partial charge in [-0.05, 0) is 38.3 Å². The molecular formula is C22H23N5O2S. The first-order valence-corrected chi connectivity index (χ1v) is 10.9. The molecule has 7 nitrogen and oxygen atoms in total. The standard InChI is InChI=1S/C22H23N5O2S/c1-14-15(2)27(11-16-6-5-9-29-16)21(18(14)10-23)26-20(28)12-30-22-17-7-3-4-8-19(17)24-13-25-22/h3-4,7-8,13,16H,5-6,9,11-12H2,1-2H3,(H,26,28)/t16-/m0/s1. The number of hydrogen-bond donors (Lipinski definition) is 1. The van der Waals surface area contributed by atoms with Crippen molar-refractivity contribution in [2.24, 2.45) is 0 Å². The number of thioether (sulfide) groups is 1. The van der Waals surface area contributed by atoms with Gasteiger partial charge in [-0.15, -0.1) is 0 Å². The van der Waals surface area contributed by atoms with Crippen LogP contribution in [0.5, 0.6) is 0 Å². The Balaban J connectivity index is 1.52. The maximum absolute atomic E-state index is 12.8. The molecule has 4 rings (SSSR count). The highest BCUT2D eigenvalue weighted by molar-refractivity contribution is 8.00. The van der Waals surface area contributed by atoms with E-state index in [1.807, 2.05) is 42.7 Å². The molecule has 0 spiro atoms. The van der Waals surface area contributed by atoms with Crippen molar-refractivity contribution in [2.75, 3.05) is 17.7 Å². The lowest BCUT2D eigenvalue weighted by Gasteiger charge is -2.16. The average Bonchev–Trinajstić information content (AvgIpc) is 3.35. The van der Waals surface area contributed by atoms with Crippen molar-refractivity contribution in [3.05, 3.63) is 47.4 Å². The summed E-state index contributed by atoms with van der Waals surface area (Å²) in [7, 11) is 0. The summed E-state index contributed by atoms with van der Waals surface area (Å²) in [4.78, 5) is 21.3. The summed E-state index contributed by atoms with van der Waals surface area (Å²) in [6, 6.07) is 9.97. The van der Waals surface area contributed by atoms with Gasteiger partial charge in [0.05, 0.1) is 29.5 Å². The minimum absolute atomic E-state index is 0.111. The van der Waals surface area contributed by atoms with E-state index in [9.17, 15) is 10.1 Å². The zero-order valence-electron chi connectivity index (χ0n) is 17.0. The second kappa shape index (κ2) is 8.86. The molecule has 1 aliphatic heterocycles. The molecule has 1 atom stereocenters. The number of rotatable bonds is 6. The van der Waals surface area contributed by atoms with Gasteiger partial charge in [-0.25, -0.2) is 9.97 Å². The van der Waals surface area contributed by atoms with E-state index in [2.05, 4.69) is 21.4 Å². The number of fused-ring (bicyclic) bond motifs is 1. The summed E-state index contributed by atoms with van der Waals surface area (Å²) in [6.45, 7) is 5.29. The second-order valence-corrected chi connectivity index (χ2v) is 8.29. The molecule has 0 bridgehead atoms. The predicted molar refractivity (Wildman–Crippen MR) is 116 cm³/mol. The van der Waals surface area contributed by atoms with E-state index < -0.39 is 0 Å². The summed E-state index contributed by atoms with van der Waals surface area (Å²) in [6.07, 6.45) is 3.65. The molecule has 1 amide bonds. The molecule has 0 unspecified atom stereocenters. The minimum atomic E-state index is -0.176. The van der Waals surface area contributed by atoms with Crippen molar-refractivity contribution in [2.45, 2.75) is 44.4 Å². The molecule has 154 valence electrons. The maximum atomic E-state index is 12.8. The van der Waals surface area contributed by atoms with E-state index in [1.165, 1.54) is 18.1 Å². The molecule has 8 heteroatoms. The summed E-state index contributed by atoms with van der Waals surface area (Å²) in [5, 5.41) is 14.3. The number of carbonyl (C=O) groups excluding carboxylic acids is 1. The third-order valence-electron chi connectivity index (χ3n) is 5.46. The van der Waals surface area contributed by atoms with Crippen molar-refractivity contribution < 1.29 is 9.53 Å². The van der Waals surface area contributed by atoms with Gasteiger partial charge >= 0.3 is 0 Å². The molecular weight excluding hydrogens is 398 g/mol. The zero-order valence-corrected chi connectivity index (χ0v) is 17.8. The van der Waals surface area contributed by atoms with Crippen molar-refractivity contribution in [1.82, 2.24) is 14.5 Å². The lowest BCUT2D eigenvalue weighted by atomic mass is 10.2. The normalized spacial score (nSPS) is 16.0. The van der Waals surface area contributed by atoms with E-state index in [0.717, 1.165) is 46.6 Å². The smallest absolute Gasteiger partial charge is 0.235 e. The SMILES string of the molecule is Cc1c(C#N)c(NC(=O)CSc2ncnc3ccccc23)n(C[C@@H]2CCCO2)c1C. The number of nitrogens with zero attached hydrogens (tertiary/aromatic N) is 4. The Morgan fingerprint density at radius 3 is 2.97 bits per heavy atom. The Morgan fingerprint density at radius 2 is 2.20 bits per heavy atom. The molecule has 2 aromatic heterocycles. The van der Waals surface area contributed by atoms with Gasteiger partial charge < -0.3 is 14.6 Å². The fourth-order valence-electron chi connectivity index (χ4n) is 3.75.